The summed E-state index contributed by atoms with van der Waals surface area (Å²) in [5.41, 5.74) is 0.861. The molecule has 0 saturated heterocycles. The molecule has 1 unspecified atom stereocenters. The number of carbonyl (C=O) groups is 1. The minimum absolute atomic E-state index is 0.135. The molecule has 4 heteroatoms. The number of aromatic nitrogens is 1. The van der Waals surface area contributed by atoms with Crippen molar-refractivity contribution >= 4 is 17.1 Å². The fraction of sp³-hybridized carbons (Fsp3) is 0.636. The molecule has 0 fully saturated rings. The molecule has 0 saturated carbocycles. The first-order valence-corrected chi connectivity index (χ1v) is 5.99. The van der Waals surface area contributed by atoms with Crippen molar-refractivity contribution in [2.45, 2.75) is 33.7 Å². The maximum atomic E-state index is 11.3. The zero-order valence-corrected chi connectivity index (χ0v) is 11.2. The SMILES string of the molecule is CC.CC(=O)C(c1csc(C)n1)N(C)C. The summed E-state index contributed by atoms with van der Waals surface area (Å²) in [6, 6.07) is -0.190. The molecule has 0 aliphatic heterocycles. The smallest absolute Gasteiger partial charge is 0.153 e. The number of rotatable bonds is 3. The third-order valence-electron chi connectivity index (χ3n) is 1.82. The molecule has 0 aliphatic rings. The molecular weight excluding hydrogens is 208 g/mol. The van der Waals surface area contributed by atoms with Crippen LogP contribution < -0.4 is 0 Å². The van der Waals surface area contributed by atoms with E-state index in [0.29, 0.717) is 0 Å². The van der Waals surface area contributed by atoms with Crippen molar-refractivity contribution in [2.75, 3.05) is 14.1 Å². The molecule has 0 aliphatic carbocycles. The van der Waals surface area contributed by atoms with Gasteiger partial charge in [-0.3, -0.25) is 9.69 Å². The molecule has 86 valence electrons. The number of ketones is 1. The Labute approximate surface area is 96.1 Å². The standard InChI is InChI=1S/C9H14N2OS.C2H6/c1-6(12)9(11(3)4)8-5-13-7(2)10-8;1-2/h5,9H,1-4H3;1-2H3. The highest BCUT2D eigenvalue weighted by Gasteiger charge is 2.21. The Morgan fingerprint density at radius 3 is 2.27 bits per heavy atom. The number of thiazole rings is 1. The minimum Gasteiger partial charge on any atom is -0.298 e. The van der Waals surface area contributed by atoms with E-state index in [2.05, 4.69) is 4.98 Å². The Morgan fingerprint density at radius 2 is 2.00 bits per heavy atom. The Hall–Kier alpha value is -0.740. The van der Waals surface area contributed by atoms with E-state index in [9.17, 15) is 4.79 Å². The molecule has 1 atom stereocenters. The van der Waals surface area contributed by atoms with E-state index in [0.717, 1.165) is 10.7 Å². The van der Waals surface area contributed by atoms with Crippen LogP contribution in [0.1, 0.15) is 37.5 Å². The van der Waals surface area contributed by atoms with E-state index in [-0.39, 0.29) is 11.8 Å². The second-order valence-corrected chi connectivity index (χ2v) is 4.33. The van der Waals surface area contributed by atoms with Crippen molar-refractivity contribution < 1.29 is 4.79 Å². The van der Waals surface area contributed by atoms with Gasteiger partial charge >= 0.3 is 0 Å². The number of hydrogen-bond acceptors (Lipinski definition) is 4. The largest absolute Gasteiger partial charge is 0.298 e. The van der Waals surface area contributed by atoms with Gasteiger partial charge in [-0.25, -0.2) is 4.98 Å². The van der Waals surface area contributed by atoms with E-state index in [1.165, 1.54) is 0 Å². The lowest BCUT2D eigenvalue weighted by Crippen LogP contribution is -2.26. The Balaban J connectivity index is 0.000000921. The summed E-state index contributed by atoms with van der Waals surface area (Å²) < 4.78 is 0. The van der Waals surface area contributed by atoms with Crippen LogP contribution in [0.25, 0.3) is 0 Å². The van der Waals surface area contributed by atoms with Gasteiger partial charge in [0.15, 0.2) is 5.78 Å². The van der Waals surface area contributed by atoms with E-state index < -0.39 is 0 Å². The summed E-state index contributed by atoms with van der Waals surface area (Å²) in [5, 5.41) is 2.95. The van der Waals surface area contributed by atoms with Crippen molar-refractivity contribution in [2.24, 2.45) is 0 Å². The van der Waals surface area contributed by atoms with Crippen molar-refractivity contribution in [3.8, 4) is 0 Å². The van der Waals surface area contributed by atoms with Crippen molar-refractivity contribution in [1.29, 1.82) is 0 Å². The average molecular weight is 228 g/mol. The van der Waals surface area contributed by atoms with Gasteiger partial charge in [0.2, 0.25) is 0 Å². The predicted octanol–water partition coefficient (Wildman–Crippen LogP) is 2.67. The van der Waals surface area contributed by atoms with Gasteiger partial charge in [-0.15, -0.1) is 11.3 Å². The summed E-state index contributed by atoms with van der Waals surface area (Å²) in [5.74, 6) is 0.135. The fourth-order valence-corrected chi connectivity index (χ4v) is 1.97. The maximum absolute atomic E-state index is 11.3. The highest BCUT2D eigenvalue weighted by Crippen LogP contribution is 2.20. The van der Waals surface area contributed by atoms with Crippen molar-refractivity contribution in [1.82, 2.24) is 9.88 Å². The monoisotopic (exact) mass is 228 g/mol. The van der Waals surface area contributed by atoms with Gasteiger partial charge in [0.05, 0.1) is 10.7 Å². The van der Waals surface area contributed by atoms with Crippen LogP contribution in [0.3, 0.4) is 0 Å². The van der Waals surface area contributed by atoms with Crippen LogP contribution in [0.5, 0.6) is 0 Å². The Bertz CT molecular complexity index is 307. The first kappa shape index (κ1) is 14.3. The minimum atomic E-state index is -0.190. The van der Waals surface area contributed by atoms with Crippen LogP contribution in [0.4, 0.5) is 0 Å². The number of likely N-dealkylation sites (N-methyl/N-ethyl adjacent to an activating group) is 1. The molecule has 1 heterocycles. The predicted molar refractivity (Wildman–Crippen MR) is 65.3 cm³/mol. The lowest BCUT2D eigenvalue weighted by molar-refractivity contribution is -0.121. The Kier molecular flexibility index (Phi) is 6.36. The molecule has 1 rings (SSSR count). The zero-order valence-electron chi connectivity index (χ0n) is 10.4. The number of carbonyl (C=O) groups excluding carboxylic acids is 1. The van der Waals surface area contributed by atoms with Crippen LogP contribution in [0.2, 0.25) is 0 Å². The van der Waals surface area contributed by atoms with Crippen LogP contribution in [-0.4, -0.2) is 29.8 Å². The van der Waals surface area contributed by atoms with Crippen molar-refractivity contribution in [3.05, 3.63) is 16.1 Å². The summed E-state index contributed by atoms with van der Waals surface area (Å²) in [6.45, 7) is 7.54. The molecule has 0 bridgehead atoms. The van der Waals surface area contributed by atoms with Crippen LogP contribution in [0.15, 0.2) is 5.38 Å². The molecule has 0 radical (unpaired) electrons. The van der Waals surface area contributed by atoms with E-state index >= 15 is 0 Å². The maximum Gasteiger partial charge on any atom is 0.153 e. The molecule has 0 spiro atoms. The highest BCUT2D eigenvalue weighted by molar-refractivity contribution is 7.09. The fourth-order valence-electron chi connectivity index (χ4n) is 1.34. The molecule has 0 amide bonds. The topological polar surface area (TPSA) is 33.2 Å². The third kappa shape index (κ3) is 4.10. The van der Waals surface area contributed by atoms with Gasteiger partial charge in [0.25, 0.3) is 0 Å². The Morgan fingerprint density at radius 1 is 1.47 bits per heavy atom. The normalized spacial score (nSPS) is 11.9. The third-order valence-corrected chi connectivity index (χ3v) is 2.61. The van der Waals surface area contributed by atoms with E-state index in [1.54, 1.807) is 18.3 Å². The van der Waals surface area contributed by atoms with Gasteiger partial charge in [-0.05, 0) is 27.9 Å². The number of aryl methyl sites for hydroxylation is 1. The number of nitrogens with zero attached hydrogens (tertiary/aromatic N) is 2. The summed E-state index contributed by atoms with van der Waals surface area (Å²) in [4.78, 5) is 17.5. The molecule has 1 aromatic rings. The molecule has 0 N–H and O–H groups in total. The lowest BCUT2D eigenvalue weighted by Gasteiger charge is -2.19. The second-order valence-electron chi connectivity index (χ2n) is 3.27. The summed E-state index contributed by atoms with van der Waals surface area (Å²) in [6.07, 6.45) is 0. The number of hydrogen-bond donors (Lipinski definition) is 0. The van der Waals surface area contributed by atoms with Gasteiger partial charge in [-0.2, -0.15) is 0 Å². The van der Waals surface area contributed by atoms with E-state index in [4.69, 9.17) is 0 Å². The van der Waals surface area contributed by atoms with Gasteiger partial charge in [-0.1, -0.05) is 13.8 Å². The van der Waals surface area contributed by atoms with Gasteiger partial charge < -0.3 is 0 Å². The molecule has 1 aromatic heterocycles. The first-order valence-electron chi connectivity index (χ1n) is 5.11. The highest BCUT2D eigenvalue weighted by atomic mass is 32.1. The molecule has 3 nitrogen and oxygen atoms in total. The lowest BCUT2D eigenvalue weighted by atomic mass is 10.1. The van der Waals surface area contributed by atoms with Crippen LogP contribution in [0, 0.1) is 6.92 Å². The summed E-state index contributed by atoms with van der Waals surface area (Å²) in [7, 11) is 3.78. The quantitative estimate of drug-likeness (QED) is 0.797. The van der Waals surface area contributed by atoms with Crippen LogP contribution in [-0.2, 0) is 4.79 Å². The molecular formula is C11H20N2OS. The van der Waals surface area contributed by atoms with Gasteiger partial charge in [0.1, 0.15) is 6.04 Å². The number of Topliss-reactive ketones (excluding diaryl/α,β-unsaturated/α-hetero) is 1. The molecule has 0 aromatic carbocycles. The zero-order chi connectivity index (χ0) is 12.0. The molecule has 15 heavy (non-hydrogen) atoms. The summed E-state index contributed by atoms with van der Waals surface area (Å²) >= 11 is 1.58. The average Bonchev–Trinajstić information content (AvgIpc) is 2.54. The second kappa shape index (κ2) is 6.69. The van der Waals surface area contributed by atoms with Crippen molar-refractivity contribution in [3.63, 3.8) is 0 Å². The van der Waals surface area contributed by atoms with E-state index in [1.807, 2.05) is 45.1 Å². The van der Waals surface area contributed by atoms with Crippen LogP contribution >= 0.6 is 11.3 Å². The van der Waals surface area contributed by atoms with Gasteiger partial charge in [0, 0.05) is 5.38 Å². The first-order chi connectivity index (χ1) is 7.02.